The molecule has 0 amide bonds. The van der Waals surface area contributed by atoms with Crippen LogP contribution in [0.1, 0.15) is 15.9 Å². The lowest BCUT2D eigenvalue weighted by Crippen LogP contribution is -2.13. The highest BCUT2D eigenvalue weighted by Crippen LogP contribution is 2.35. The van der Waals surface area contributed by atoms with Crippen LogP contribution in [0.25, 0.3) is 11.1 Å². The normalized spacial score (nSPS) is 11.5. The topological polar surface area (TPSA) is 37.3 Å². The number of hydrogen-bond acceptors (Lipinski definition) is 1. The molecule has 7 heteroatoms. The predicted octanol–water partition coefficient (Wildman–Crippen LogP) is 4.35. The lowest BCUT2D eigenvalue weighted by Gasteiger charge is -2.12. The van der Waals surface area contributed by atoms with Gasteiger partial charge < -0.3 is 5.11 Å². The molecule has 0 bridgehead atoms. The molecular weight excluding hydrogens is 295 g/mol. The standard InChI is InChI=1S/C14H7F5O2/c15-8-2-4-12(16)10(6-8)7-1-3-9(13(20)21)11(5-7)14(17,18)19/h1-6H,(H,20,21). The maximum atomic E-state index is 13.6. The third kappa shape index (κ3) is 3.01. The van der Waals surface area contributed by atoms with Gasteiger partial charge >= 0.3 is 12.1 Å². The number of carbonyl (C=O) groups is 1. The van der Waals surface area contributed by atoms with Gasteiger partial charge in [0, 0.05) is 5.56 Å². The van der Waals surface area contributed by atoms with Crippen molar-refractivity contribution in [3.05, 3.63) is 59.2 Å². The highest BCUT2D eigenvalue weighted by atomic mass is 19.4. The van der Waals surface area contributed by atoms with Crippen molar-refractivity contribution in [2.24, 2.45) is 0 Å². The Morgan fingerprint density at radius 1 is 1.00 bits per heavy atom. The molecule has 0 fully saturated rings. The number of benzene rings is 2. The molecule has 21 heavy (non-hydrogen) atoms. The van der Waals surface area contributed by atoms with E-state index in [4.69, 9.17) is 5.11 Å². The van der Waals surface area contributed by atoms with Gasteiger partial charge in [-0.1, -0.05) is 6.07 Å². The molecule has 2 aromatic carbocycles. The van der Waals surface area contributed by atoms with Crippen LogP contribution in [0.2, 0.25) is 0 Å². The van der Waals surface area contributed by atoms with Crippen LogP contribution in [0.3, 0.4) is 0 Å². The molecular formula is C14H7F5O2. The second-order valence-electron chi connectivity index (χ2n) is 4.19. The van der Waals surface area contributed by atoms with Gasteiger partial charge in [0.15, 0.2) is 0 Å². The molecule has 0 unspecified atom stereocenters. The van der Waals surface area contributed by atoms with E-state index in [0.29, 0.717) is 12.1 Å². The lowest BCUT2D eigenvalue weighted by atomic mass is 9.98. The van der Waals surface area contributed by atoms with E-state index in [9.17, 15) is 26.7 Å². The summed E-state index contributed by atoms with van der Waals surface area (Å²) in [6, 6.07) is 4.55. The molecule has 2 aromatic rings. The van der Waals surface area contributed by atoms with E-state index in [-0.39, 0.29) is 11.1 Å². The first-order valence-electron chi connectivity index (χ1n) is 5.60. The Bertz CT molecular complexity index is 707. The number of carboxylic acids is 1. The molecule has 0 heterocycles. The van der Waals surface area contributed by atoms with Crippen molar-refractivity contribution in [1.82, 2.24) is 0 Å². The summed E-state index contributed by atoms with van der Waals surface area (Å²) >= 11 is 0. The van der Waals surface area contributed by atoms with Crippen LogP contribution in [0.4, 0.5) is 22.0 Å². The van der Waals surface area contributed by atoms with E-state index in [2.05, 4.69) is 0 Å². The van der Waals surface area contributed by atoms with Gasteiger partial charge in [-0.3, -0.25) is 0 Å². The van der Waals surface area contributed by atoms with Gasteiger partial charge in [0.1, 0.15) is 11.6 Å². The average molecular weight is 302 g/mol. The maximum Gasteiger partial charge on any atom is 0.417 e. The van der Waals surface area contributed by atoms with E-state index in [1.165, 1.54) is 0 Å². The van der Waals surface area contributed by atoms with Crippen LogP contribution in [-0.4, -0.2) is 11.1 Å². The number of halogens is 5. The smallest absolute Gasteiger partial charge is 0.417 e. The highest BCUT2D eigenvalue weighted by molar-refractivity contribution is 5.90. The summed E-state index contributed by atoms with van der Waals surface area (Å²) < 4.78 is 65.2. The summed E-state index contributed by atoms with van der Waals surface area (Å²) in [5.74, 6) is -3.48. The van der Waals surface area contributed by atoms with Gasteiger partial charge in [0.25, 0.3) is 0 Å². The Labute approximate surface area is 115 Å². The minimum Gasteiger partial charge on any atom is -0.478 e. The molecule has 1 N–H and O–H groups in total. The third-order valence-electron chi connectivity index (χ3n) is 2.79. The predicted molar refractivity (Wildman–Crippen MR) is 63.8 cm³/mol. The zero-order valence-corrected chi connectivity index (χ0v) is 10.2. The van der Waals surface area contributed by atoms with E-state index in [1.807, 2.05) is 0 Å². The van der Waals surface area contributed by atoms with Crippen LogP contribution in [0.15, 0.2) is 36.4 Å². The summed E-state index contributed by atoms with van der Waals surface area (Å²) in [5, 5.41) is 8.76. The largest absolute Gasteiger partial charge is 0.478 e. The van der Waals surface area contributed by atoms with Crippen molar-refractivity contribution in [3.8, 4) is 11.1 Å². The van der Waals surface area contributed by atoms with Crippen molar-refractivity contribution < 1.29 is 31.9 Å². The molecule has 0 atom stereocenters. The van der Waals surface area contributed by atoms with Gasteiger partial charge in [0.05, 0.1) is 11.1 Å². The number of rotatable bonds is 2. The van der Waals surface area contributed by atoms with Gasteiger partial charge in [-0.25, -0.2) is 13.6 Å². The molecule has 0 aliphatic carbocycles. The lowest BCUT2D eigenvalue weighted by molar-refractivity contribution is -0.138. The second kappa shape index (κ2) is 5.16. The van der Waals surface area contributed by atoms with Crippen molar-refractivity contribution >= 4 is 5.97 Å². The molecule has 110 valence electrons. The summed E-state index contributed by atoms with van der Waals surface area (Å²) in [5.41, 5.74) is -3.01. The first-order chi connectivity index (χ1) is 9.70. The molecule has 0 radical (unpaired) electrons. The first-order valence-corrected chi connectivity index (χ1v) is 5.60. The Morgan fingerprint density at radius 2 is 1.67 bits per heavy atom. The molecule has 0 aliphatic heterocycles. The number of alkyl halides is 3. The zero-order chi connectivity index (χ0) is 15.8. The van der Waals surface area contributed by atoms with Crippen molar-refractivity contribution in [1.29, 1.82) is 0 Å². The first kappa shape index (κ1) is 15.0. The fourth-order valence-corrected chi connectivity index (χ4v) is 1.85. The van der Waals surface area contributed by atoms with E-state index < -0.39 is 34.9 Å². The molecule has 2 nitrogen and oxygen atoms in total. The number of carboxylic acid groups (broad SMARTS) is 1. The zero-order valence-electron chi connectivity index (χ0n) is 10.2. The Balaban J connectivity index is 2.67. The van der Waals surface area contributed by atoms with Gasteiger partial charge in [-0.2, -0.15) is 13.2 Å². The molecule has 2 rings (SSSR count). The van der Waals surface area contributed by atoms with Gasteiger partial charge in [-0.05, 0) is 35.9 Å². The number of hydrogen-bond donors (Lipinski definition) is 1. The van der Waals surface area contributed by atoms with Crippen molar-refractivity contribution in [2.45, 2.75) is 6.18 Å². The molecule has 0 aromatic heterocycles. The molecule has 0 saturated carbocycles. The Kier molecular flexibility index (Phi) is 3.67. The Hall–Kier alpha value is -2.44. The Morgan fingerprint density at radius 3 is 2.24 bits per heavy atom. The maximum absolute atomic E-state index is 13.6. The van der Waals surface area contributed by atoms with Crippen LogP contribution in [0.5, 0.6) is 0 Å². The summed E-state index contributed by atoms with van der Waals surface area (Å²) in [6.45, 7) is 0. The third-order valence-corrected chi connectivity index (χ3v) is 2.79. The van der Waals surface area contributed by atoms with E-state index in [1.54, 1.807) is 0 Å². The summed E-state index contributed by atoms with van der Waals surface area (Å²) in [6.07, 6.45) is -4.92. The van der Waals surface area contributed by atoms with Crippen LogP contribution in [0, 0.1) is 11.6 Å². The minimum atomic E-state index is -4.92. The fourth-order valence-electron chi connectivity index (χ4n) is 1.85. The van der Waals surface area contributed by atoms with Crippen LogP contribution in [-0.2, 0) is 6.18 Å². The summed E-state index contributed by atoms with van der Waals surface area (Å²) in [7, 11) is 0. The van der Waals surface area contributed by atoms with E-state index in [0.717, 1.165) is 24.3 Å². The molecule has 0 aliphatic rings. The number of aromatic carboxylic acids is 1. The van der Waals surface area contributed by atoms with Crippen molar-refractivity contribution in [2.75, 3.05) is 0 Å². The SMILES string of the molecule is O=C(O)c1ccc(-c2cc(F)ccc2F)cc1C(F)(F)F. The van der Waals surface area contributed by atoms with Gasteiger partial charge in [-0.15, -0.1) is 0 Å². The van der Waals surface area contributed by atoms with Crippen LogP contribution < -0.4 is 0 Å². The fraction of sp³-hybridized carbons (Fsp3) is 0.0714. The van der Waals surface area contributed by atoms with Crippen LogP contribution >= 0.6 is 0 Å². The molecule has 0 saturated heterocycles. The molecule has 0 spiro atoms. The monoisotopic (exact) mass is 302 g/mol. The quantitative estimate of drug-likeness (QED) is 0.837. The minimum absolute atomic E-state index is 0.260. The van der Waals surface area contributed by atoms with E-state index >= 15 is 0 Å². The average Bonchev–Trinajstić information content (AvgIpc) is 2.40. The second-order valence-corrected chi connectivity index (χ2v) is 4.19. The summed E-state index contributed by atoms with van der Waals surface area (Å²) in [4.78, 5) is 10.8. The highest BCUT2D eigenvalue weighted by Gasteiger charge is 2.35. The van der Waals surface area contributed by atoms with Gasteiger partial charge in [0.2, 0.25) is 0 Å². The van der Waals surface area contributed by atoms with Crippen molar-refractivity contribution in [3.63, 3.8) is 0 Å².